The van der Waals surface area contributed by atoms with E-state index in [2.05, 4.69) is 15.5 Å². The van der Waals surface area contributed by atoms with Crippen molar-refractivity contribution < 1.29 is 13.6 Å². The van der Waals surface area contributed by atoms with Gasteiger partial charge in [0.25, 0.3) is 5.89 Å². The number of anilines is 1. The van der Waals surface area contributed by atoms with Gasteiger partial charge in [-0.25, -0.2) is 0 Å². The van der Waals surface area contributed by atoms with Crippen LogP contribution < -0.4 is 5.32 Å². The number of carbonyl (C=O) groups excluding carboxylic acids is 1. The van der Waals surface area contributed by atoms with Crippen LogP contribution in [0, 0.1) is 0 Å². The van der Waals surface area contributed by atoms with Crippen LogP contribution in [0.25, 0.3) is 22.8 Å². The topological polar surface area (TPSA) is 81.2 Å². The van der Waals surface area contributed by atoms with Crippen molar-refractivity contribution in [2.75, 3.05) is 5.32 Å². The lowest BCUT2D eigenvalue weighted by molar-refractivity contribution is -0.115. The Balaban J connectivity index is 1.39. The van der Waals surface area contributed by atoms with Crippen molar-refractivity contribution >= 4 is 11.9 Å². The summed E-state index contributed by atoms with van der Waals surface area (Å²) < 4.78 is 10.5. The molecule has 6 heteroatoms. The molecule has 0 fully saturated rings. The predicted molar refractivity (Wildman–Crippen MR) is 96.2 cm³/mol. The van der Waals surface area contributed by atoms with Gasteiger partial charge in [0.05, 0.1) is 12.7 Å². The second kappa shape index (κ2) is 7.06. The number of rotatable bonds is 5. The molecule has 2 heterocycles. The minimum absolute atomic E-state index is 0.0438. The lowest BCUT2D eigenvalue weighted by Crippen LogP contribution is -2.14. The SMILES string of the molecule is O=C(Cc1ccc(-c2ccccc2)cc1)Nc1nnc(-c2ccco2)o1. The van der Waals surface area contributed by atoms with E-state index in [1.54, 1.807) is 12.1 Å². The van der Waals surface area contributed by atoms with E-state index in [1.165, 1.54) is 6.26 Å². The Morgan fingerprint density at radius 3 is 2.38 bits per heavy atom. The van der Waals surface area contributed by atoms with Crippen molar-refractivity contribution in [3.8, 4) is 22.8 Å². The van der Waals surface area contributed by atoms with E-state index in [4.69, 9.17) is 8.83 Å². The Morgan fingerprint density at radius 1 is 0.885 bits per heavy atom. The molecule has 26 heavy (non-hydrogen) atoms. The summed E-state index contributed by atoms with van der Waals surface area (Å²) in [5, 5.41) is 10.2. The summed E-state index contributed by atoms with van der Waals surface area (Å²) in [6.45, 7) is 0. The van der Waals surface area contributed by atoms with Crippen LogP contribution in [0.2, 0.25) is 0 Å². The molecule has 4 aromatic rings. The normalized spacial score (nSPS) is 10.6. The first-order valence-corrected chi connectivity index (χ1v) is 8.09. The summed E-state index contributed by atoms with van der Waals surface area (Å²) in [5.74, 6) is 0.444. The monoisotopic (exact) mass is 345 g/mol. The summed E-state index contributed by atoms with van der Waals surface area (Å²) >= 11 is 0. The highest BCUT2D eigenvalue weighted by Crippen LogP contribution is 2.21. The van der Waals surface area contributed by atoms with Crippen molar-refractivity contribution in [2.24, 2.45) is 0 Å². The van der Waals surface area contributed by atoms with Crippen LogP contribution in [0.4, 0.5) is 6.01 Å². The largest absolute Gasteiger partial charge is 0.459 e. The number of amides is 1. The number of carbonyl (C=O) groups is 1. The molecule has 2 aromatic heterocycles. The van der Waals surface area contributed by atoms with Crippen LogP contribution in [0.3, 0.4) is 0 Å². The number of hydrogen-bond acceptors (Lipinski definition) is 5. The summed E-state index contributed by atoms with van der Waals surface area (Å²) in [6.07, 6.45) is 1.73. The first-order chi connectivity index (χ1) is 12.8. The van der Waals surface area contributed by atoms with E-state index < -0.39 is 0 Å². The molecule has 0 saturated heterocycles. The molecular weight excluding hydrogens is 330 g/mol. The van der Waals surface area contributed by atoms with Gasteiger partial charge in [0, 0.05) is 0 Å². The van der Waals surface area contributed by atoms with Crippen LogP contribution in [0.15, 0.2) is 81.8 Å². The molecule has 1 amide bonds. The van der Waals surface area contributed by atoms with Gasteiger partial charge in [-0.15, -0.1) is 5.10 Å². The Kier molecular flexibility index (Phi) is 4.30. The van der Waals surface area contributed by atoms with Gasteiger partial charge < -0.3 is 8.83 Å². The molecule has 0 atom stereocenters. The maximum Gasteiger partial charge on any atom is 0.322 e. The molecular formula is C20H15N3O3. The van der Waals surface area contributed by atoms with Crippen molar-refractivity contribution in [1.82, 2.24) is 10.2 Å². The number of nitrogens with one attached hydrogen (secondary N) is 1. The molecule has 0 saturated carbocycles. The first-order valence-electron chi connectivity index (χ1n) is 8.09. The zero-order chi connectivity index (χ0) is 17.8. The van der Waals surface area contributed by atoms with Crippen molar-refractivity contribution in [3.63, 3.8) is 0 Å². The second-order valence-electron chi connectivity index (χ2n) is 5.68. The van der Waals surface area contributed by atoms with Gasteiger partial charge in [0.1, 0.15) is 0 Å². The van der Waals surface area contributed by atoms with Crippen molar-refractivity contribution in [3.05, 3.63) is 78.6 Å². The van der Waals surface area contributed by atoms with Crippen LogP contribution in [-0.2, 0) is 11.2 Å². The molecule has 0 unspecified atom stereocenters. The van der Waals surface area contributed by atoms with E-state index in [-0.39, 0.29) is 24.2 Å². The maximum absolute atomic E-state index is 12.2. The molecule has 0 spiro atoms. The van der Waals surface area contributed by atoms with E-state index in [9.17, 15) is 4.79 Å². The smallest absolute Gasteiger partial charge is 0.322 e. The average Bonchev–Trinajstić information content (AvgIpc) is 3.35. The number of aromatic nitrogens is 2. The van der Waals surface area contributed by atoms with Gasteiger partial charge in [0.2, 0.25) is 5.91 Å². The predicted octanol–water partition coefficient (Wildman–Crippen LogP) is 4.18. The number of benzene rings is 2. The Bertz CT molecular complexity index is 990. The van der Waals surface area contributed by atoms with Gasteiger partial charge in [-0.1, -0.05) is 59.7 Å². The first kappa shape index (κ1) is 15.8. The Labute approximate surface area is 149 Å². The zero-order valence-corrected chi connectivity index (χ0v) is 13.8. The fourth-order valence-corrected chi connectivity index (χ4v) is 2.57. The molecule has 1 N–H and O–H groups in total. The van der Waals surface area contributed by atoms with Crippen molar-refractivity contribution in [1.29, 1.82) is 0 Å². The Morgan fingerprint density at radius 2 is 1.65 bits per heavy atom. The molecule has 128 valence electrons. The Hall–Kier alpha value is -3.67. The average molecular weight is 345 g/mol. The summed E-state index contributed by atoms with van der Waals surface area (Å²) in [7, 11) is 0. The lowest BCUT2D eigenvalue weighted by atomic mass is 10.0. The van der Waals surface area contributed by atoms with E-state index in [1.807, 2.05) is 54.6 Å². The number of hydrogen-bond donors (Lipinski definition) is 1. The molecule has 6 nitrogen and oxygen atoms in total. The third kappa shape index (κ3) is 3.54. The highest BCUT2D eigenvalue weighted by atomic mass is 16.4. The lowest BCUT2D eigenvalue weighted by Gasteiger charge is -2.04. The highest BCUT2D eigenvalue weighted by molar-refractivity contribution is 5.90. The fourth-order valence-electron chi connectivity index (χ4n) is 2.57. The zero-order valence-electron chi connectivity index (χ0n) is 13.8. The quantitative estimate of drug-likeness (QED) is 0.587. The van der Waals surface area contributed by atoms with E-state index >= 15 is 0 Å². The second-order valence-corrected chi connectivity index (χ2v) is 5.68. The molecule has 0 radical (unpaired) electrons. The minimum atomic E-state index is -0.230. The van der Waals surface area contributed by atoms with Crippen LogP contribution in [0.1, 0.15) is 5.56 Å². The standard InChI is InChI=1S/C20H15N3O3/c24-18(21-20-23-22-19(26-20)17-7-4-12-25-17)13-14-8-10-16(11-9-14)15-5-2-1-3-6-15/h1-12H,13H2,(H,21,23,24). The van der Waals surface area contributed by atoms with Gasteiger partial charge in [-0.3, -0.25) is 10.1 Å². The van der Waals surface area contributed by atoms with Crippen LogP contribution >= 0.6 is 0 Å². The molecule has 4 rings (SSSR count). The maximum atomic E-state index is 12.2. The van der Waals surface area contributed by atoms with Gasteiger partial charge >= 0.3 is 6.01 Å². The molecule has 0 aliphatic rings. The summed E-state index contributed by atoms with van der Waals surface area (Å²) in [4.78, 5) is 12.2. The molecule has 2 aromatic carbocycles. The van der Waals surface area contributed by atoms with Gasteiger partial charge in [-0.05, 0) is 28.8 Å². The third-order valence-corrected chi connectivity index (χ3v) is 3.83. The highest BCUT2D eigenvalue weighted by Gasteiger charge is 2.13. The molecule has 0 aliphatic heterocycles. The summed E-state index contributed by atoms with van der Waals surface area (Å²) in [5.41, 5.74) is 3.14. The van der Waals surface area contributed by atoms with Crippen LogP contribution in [0.5, 0.6) is 0 Å². The number of furan rings is 1. The minimum Gasteiger partial charge on any atom is -0.459 e. The van der Waals surface area contributed by atoms with Gasteiger partial charge in [-0.2, -0.15) is 0 Å². The van der Waals surface area contributed by atoms with Gasteiger partial charge in [0.15, 0.2) is 5.76 Å². The van der Waals surface area contributed by atoms with E-state index in [0.717, 1.165) is 16.7 Å². The molecule has 0 aliphatic carbocycles. The third-order valence-electron chi connectivity index (χ3n) is 3.83. The van der Waals surface area contributed by atoms with E-state index in [0.29, 0.717) is 5.76 Å². The molecule has 0 bridgehead atoms. The van der Waals surface area contributed by atoms with Crippen molar-refractivity contribution in [2.45, 2.75) is 6.42 Å². The summed E-state index contributed by atoms with van der Waals surface area (Å²) in [6, 6.07) is 21.4. The fraction of sp³-hybridized carbons (Fsp3) is 0.0500. The van der Waals surface area contributed by atoms with Crippen LogP contribution in [-0.4, -0.2) is 16.1 Å². The number of nitrogens with zero attached hydrogens (tertiary/aromatic N) is 2.